The van der Waals surface area contributed by atoms with Crippen LogP contribution < -0.4 is 0 Å². The Kier molecular flexibility index (Phi) is 4.17. The molecular weight excluding hydrogens is 243 g/mol. The maximum absolute atomic E-state index is 12.5. The molecular formula is C9H8F3NO2S. The van der Waals surface area contributed by atoms with E-state index in [0.717, 1.165) is 6.07 Å². The summed E-state index contributed by atoms with van der Waals surface area (Å²) < 4.78 is 41.8. The number of hydrogen-bond acceptors (Lipinski definition) is 4. The molecule has 1 rings (SSSR count). The Labute approximate surface area is 94.0 Å². The molecule has 0 aromatic carbocycles. The van der Waals surface area contributed by atoms with E-state index >= 15 is 0 Å². The van der Waals surface area contributed by atoms with Crippen molar-refractivity contribution in [3.8, 4) is 0 Å². The Bertz CT molecular complexity index is 381. The lowest BCUT2D eigenvalue weighted by atomic mass is 10.3. The number of hydrogen-bond donors (Lipinski definition) is 0. The van der Waals surface area contributed by atoms with Gasteiger partial charge in [0.05, 0.1) is 18.4 Å². The summed E-state index contributed by atoms with van der Waals surface area (Å²) in [6.07, 6.45) is -3.22. The number of carbonyl (C=O) groups is 1. The average Bonchev–Trinajstić information content (AvgIpc) is 2.25. The van der Waals surface area contributed by atoms with Crippen molar-refractivity contribution in [2.24, 2.45) is 0 Å². The van der Waals surface area contributed by atoms with Crippen LogP contribution >= 0.6 is 11.8 Å². The summed E-state index contributed by atoms with van der Waals surface area (Å²) in [5.74, 6) is -0.792. The molecule has 88 valence electrons. The van der Waals surface area contributed by atoms with Crippen LogP contribution in [0.5, 0.6) is 0 Å². The van der Waals surface area contributed by atoms with Gasteiger partial charge >= 0.3 is 12.1 Å². The lowest BCUT2D eigenvalue weighted by Crippen LogP contribution is -2.09. The molecule has 0 bridgehead atoms. The zero-order valence-electron chi connectivity index (χ0n) is 8.25. The summed E-state index contributed by atoms with van der Waals surface area (Å²) in [6.45, 7) is 0. The molecule has 0 aliphatic carbocycles. The number of rotatable bonds is 3. The smallest absolute Gasteiger partial charge is 0.419 e. The van der Waals surface area contributed by atoms with Crippen LogP contribution in [-0.2, 0) is 15.7 Å². The van der Waals surface area contributed by atoms with Crippen molar-refractivity contribution in [2.45, 2.75) is 11.2 Å². The van der Waals surface area contributed by atoms with Gasteiger partial charge < -0.3 is 4.74 Å². The topological polar surface area (TPSA) is 39.2 Å². The van der Waals surface area contributed by atoms with Crippen LogP contribution in [0, 0.1) is 0 Å². The Morgan fingerprint density at radius 1 is 1.56 bits per heavy atom. The van der Waals surface area contributed by atoms with Crippen molar-refractivity contribution < 1.29 is 22.7 Å². The summed E-state index contributed by atoms with van der Waals surface area (Å²) >= 11 is 0.701. The molecule has 1 aromatic rings. The Balaban J connectivity index is 2.84. The molecule has 0 saturated carbocycles. The predicted molar refractivity (Wildman–Crippen MR) is 52.0 cm³/mol. The zero-order chi connectivity index (χ0) is 12.2. The Morgan fingerprint density at radius 3 is 2.81 bits per heavy atom. The van der Waals surface area contributed by atoms with E-state index in [1.54, 1.807) is 0 Å². The molecule has 0 fully saturated rings. The van der Waals surface area contributed by atoms with Crippen LogP contribution in [0.25, 0.3) is 0 Å². The third-order valence-corrected chi connectivity index (χ3v) is 2.61. The number of halogens is 3. The van der Waals surface area contributed by atoms with Crippen LogP contribution in [-0.4, -0.2) is 23.8 Å². The first-order valence-corrected chi connectivity index (χ1v) is 5.15. The number of methoxy groups -OCH3 is 1. The molecule has 3 nitrogen and oxygen atoms in total. The number of esters is 1. The van der Waals surface area contributed by atoms with E-state index < -0.39 is 17.7 Å². The van der Waals surface area contributed by atoms with Crippen molar-refractivity contribution in [3.05, 3.63) is 23.9 Å². The van der Waals surface area contributed by atoms with E-state index in [4.69, 9.17) is 0 Å². The summed E-state index contributed by atoms with van der Waals surface area (Å²) in [6, 6.07) is 2.12. The normalized spacial score (nSPS) is 11.2. The molecule has 7 heteroatoms. The number of alkyl halides is 3. The number of carbonyl (C=O) groups excluding carboxylic acids is 1. The molecule has 0 aliphatic rings. The minimum absolute atomic E-state index is 0.198. The summed E-state index contributed by atoms with van der Waals surface area (Å²) in [4.78, 5) is 14.4. The monoisotopic (exact) mass is 251 g/mol. The molecule has 0 saturated heterocycles. The summed E-state index contributed by atoms with van der Waals surface area (Å²) in [5.41, 5.74) is -0.844. The van der Waals surface area contributed by atoms with Gasteiger partial charge in [0.25, 0.3) is 0 Å². The van der Waals surface area contributed by atoms with Gasteiger partial charge in [0, 0.05) is 6.20 Å². The highest BCUT2D eigenvalue weighted by molar-refractivity contribution is 7.99. The van der Waals surface area contributed by atoms with Gasteiger partial charge in [0.15, 0.2) is 0 Å². The van der Waals surface area contributed by atoms with Gasteiger partial charge in [-0.2, -0.15) is 13.2 Å². The first-order valence-electron chi connectivity index (χ1n) is 4.17. The maximum Gasteiger partial charge on any atom is 0.419 e. The van der Waals surface area contributed by atoms with Gasteiger partial charge in [-0.1, -0.05) is 11.8 Å². The number of aromatic nitrogens is 1. The van der Waals surface area contributed by atoms with E-state index in [1.165, 1.54) is 19.4 Å². The fourth-order valence-electron chi connectivity index (χ4n) is 0.908. The maximum atomic E-state index is 12.5. The third-order valence-electron chi connectivity index (χ3n) is 1.63. The molecule has 0 unspecified atom stereocenters. The van der Waals surface area contributed by atoms with Crippen LogP contribution in [0.15, 0.2) is 23.4 Å². The molecule has 16 heavy (non-hydrogen) atoms. The minimum atomic E-state index is -4.47. The van der Waals surface area contributed by atoms with Crippen LogP contribution in [0.1, 0.15) is 5.56 Å². The molecule has 1 heterocycles. The van der Waals surface area contributed by atoms with Crippen molar-refractivity contribution >= 4 is 17.7 Å². The van der Waals surface area contributed by atoms with Gasteiger partial charge in [0.1, 0.15) is 5.03 Å². The quantitative estimate of drug-likeness (QED) is 0.610. The first kappa shape index (κ1) is 12.8. The third kappa shape index (κ3) is 3.41. The molecule has 0 N–H and O–H groups in total. The van der Waals surface area contributed by atoms with Gasteiger partial charge in [-0.05, 0) is 12.1 Å². The van der Waals surface area contributed by atoms with Crippen molar-refractivity contribution in [3.63, 3.8) is 0 Å². The lowest BCUT2D eigenvalue weighted by Gasteiger charge is -2.10. The predicted octanol–water partition coefficient (Wildman–Crippen LogP) is 2.37. The highest BCUT2D eigenvalue weighted by atomic mass is 32.2. The zero-order valence-corrected chi connectivity index (χ0v) is 9.06. The van der Waals surface area contributed by atoms with Gasteiger partial charge in [-0.25, -0.2) is 4.98 Å². The highest BCUT2D eigenvalue weighted by Gasteiger charge is 2.34. The molecule has 0 amide bonds. The second-order valence-corrected chi connectivity index (χ2v) is 3.68. The van der Waals surface area contributed by atoms with E-state index in [9.17, 15) is 18.0 Å². The SMILES string of the molecule is COC(=O)CSc1ncccc1C(F)(F)F. The van der Waals surface area contributed by atoms with Crippen molar-refractivity contribution in [1.29, 1.82) is 0 Å². The number of ether oxygens (including phenoxy) is 1. The minimum Gasteiger partial charge on any atom is -0.468 e. The van der Waals surface area contributed by atoms with Crippen LogP contribution in [0.2, 0.25) is 0 Å². The summed E-state index contributed by atoms with van der Waals surface area (Å²) in [7, 11) is 1.17. The fourth-order valence-corrected chi connectivity index (χ4v) is 1.75. The number of thioether (sulfide) groups is 1. The molecule has 0 atom stereocenters. The van der Waals surface area contributed by atoms with E-state index in [-0.39, 0.29) is 10.8 Å². The number of pyridine rings is 1. The molecule has 0 radical (unpaired) electrons. The Hall–Kier alpha value is -1.24. The summed E-state index contributed by atoms with van der Waals surface area (Å²) in [5, 5.41) is -0.222. The molecule has 0 spiro atoms. The van der Waals surface area contributed by atoms with E-state index in [0.29, 0.717) is 11.8 Å². The van der Waals surface area contributed by atoms with Crippen LogP contribution in [0.3, 0.4) is 0 Å². The lowest BCUT2D eigenvalue weighted by molar-refractivity contribution is -0.140. The largest absolute Gasteiger partial charge is 0.468 e. The fraction of sp³-hybridized carbons (Fsp3) is 0.333. The number of nitrogens with zero attached hydrogens (tertiary/aromatic N) is 1. The standard InChI is InChI=1S/C9H8F3NO2S/c1-15-7(14)5-16-8-6(9(10,11)12)3-2-4-13-8/h2-4H,5H2,1H3. The van der Waals surface area contributed by atoms with Gasteiger partial charge in [-0.3, -0.25) is 4.79 Å². The second kappa shape index (κ2) is 5.20. The molecule has 1 aromatic heterocycles. The van der Waals surface area contributed by atoms with Gasteiger partial charge in [0.2, 0.25) is 0 Å². The second-order valence-electron chi connectivity index (χ2n) is 2.72. The van der Waals surface area contributed by atoms with Crippen LogP contribution in [0.4, 0.5) is 13.2 Å². The first-order chi connectivity index (χ1) is 7.45. The van der Waals surface area contributed by atoms with Gasteiger partial charge in [-0.15, -0.1) is 0 Å². The molecule has 0 aliphatic heterocycles. The van der Waals surface area contributed by atoms with Crippen molar-refractivity contribution in [1.82, 2.24) is 4.98 Å². The average molecular weight is 251 g/mol. The van der Waals surface area contributed by atoms with Crippen molar-refractivity contribution in [2.75, 3.05) is 12.9 Å². The van der Waals surface area contributed by atoms with E-state index in [1.807, 2.05) is 0 Å². The highest BCUT2D eigenvalue weighted by Crippen LogP contribution is 2.35. The Morgan fingerprint density at radius 2 is 2.25 bits per heavy atom. The van der Waals surface area contributed by atoms with E-state index in [2.05, 4.69) is 9.72 Å².